The van der Waals surface area contributed by atoms with Crippen molar-refractivity contribution in [2.75, 3.05) is 5.73 Å². The second kappa shape index (κ2) is 6.96. The molecule has 1 heterocycles. The third kappa shape index (κ3) is 3.57. The number of hydrogen-bond acceptors (Lipinski definition) is 3. The molecule has 2 rings (SSSR count). The van der Waals surface area contributed by atoms with Crippen LogP contribution in [0, 0.1) is 5.92 Å². The molecule has 0 aliphatic heterocycles. The van der Waals surface area contributed by atoms with Crippen LogP contribution in [-0.4, -0.2) is 22.1 Å². The first-order chi connectivity index (χ1) is 10.0. The first-order valence-electron chi connectivity index (χ1n) is 8.19. The standard InChI is InChI=1S/C16H28N4O/c1-4-12(11-8-6-5-7-9-11)18-16(21)15-13(17)14(10(2)3)19-20-15/h10-12H,4-9,17H2,1-3H3,(H,18,21)(H,19,20). The van der Waals surface area contributed by atoms with E-state index in [-0.39, 0.29) is 17.9 Å². The van der Waals surface area contributed by atoms with E-state index in [1.165, 1.54) is 32.1 Å². The van der Waals surface area contributed by atoms with Gasteiger partial charge in [0.25, 0.3) is 5.91 Å². The van der Waals surface area contributed by atoms with Gasteiger partial charge in [-0.05, 0) is 31.1 Å². The lowest BCUT2D eigenvalue weighted by atomic mass is 9.83. The van der Waals surface area contributed by atoms with Crippen LogP contribution in [-0.2, 0) is 0 Å². The maximum Gasteiger partial charge on any atom is 0.274 e. The van der Waals surface area contributed by atoms with Gasteiger partial charge in [-0.3, -0.25) is 9.89 Å². The molecule has 1 fully saturated rings. The Bertz CT molecular complexity index is 475. The van der Waals surface area contributed by atoms with E-state index in [2.05, 4.69) is 22.4 Å². The highest BCUT2D eigenvalue weighted by molar-refractivity contribution is 5.97. The van der Waals surface area contributed by atoms with Crippen LogP contribution in [0.4, 0.5) is 5.69 Å². The van der Waals surface area contributed by atoms with Crippen LogP contribution in [0.5, 0.6) is 0 Å². The topological polar surface area (TPSA) is 83.8 Å². The van der Waals surface area contributed by atoms with Gasteiger partial charge in [-0.25, -0.2) is 0 Å². The van der Waals surface area contributed by atoms with Crippen LogP contribution >= 0.6 is 0 Å². The molecule has 0 radical (unpaired) electrons. The molecule has 21 heavy (non-hydrogen) atoms. The second-order valence-corrected chi connectivity index (χ2v) is 6.44. The third-order valence-electron chi connectivity index (χ3n) is 4.60. The number of nitrogens with two attached hydrogens (primary N) is 1. The summed E-state index contributed by atoms with van der Waals surface area (Å²) < 4.78 is 0. The Labute approximate surface area is 127 Å². The Morgan fingerprint density at radius 1 is 1.38 bits per heavy atom. The summed E-state index contributed by atoms with van der Waals surface area (Å²) in [5.41, 5.74) is 7.71. The van der Waals surface area contributed by atoms with Crippen LogP contribution in [0.1, 0.15) is 81.4 Å². The molecule has 4 N–H and O–H groups in total. The van der Waals surface area contributed by atoms with Crippen LogP contribution in [0.25, 0.3) is 0 Å². The Kier molecular flexibility index (Phi) is 5.26. The molecule has 1 atom stereocenters. The maximum absolute atomic E-state index is 12.4. The van der Waals surface area contributed by atoms with Crippen LogP contribution in [0.3, 0.4) is 0 Å². The fourth-order valence-electron chi connectivity index (χ4n) is 3.30. The zero-order chi connectivity index (χ0) is 15.4. The highest BCUT2D eigenvalue weighted by Gasteiger charge is 2.26. The van der Waals surface area contributed by atoms with Gasteiger partial charge in [0.15, 0.2) is 5.69 Å². The molecule has 1 unspecified atom stereocenters. The van der Waals surface area contributed by atoms with Gasteiger partial charge in [-0.2, -0.15) is 5.10 Å². The highest BCUT2D eigenvalue weighted by Crippen LogP contribution is 2.28. The molecule has 1 amide bonds. The third-order valence-corrected chi connectivity index (χ3v) is 4.60. The summed E-state index contributed by atoms with van der Waals surface area (Å²) in [6.07, 6.45) is 7.26. The quantitative estimate of drug-likeness (QED) is 0.779. The number of aromatic nitrogens is 2. The van der Waals surface area contributed by atoms with Crippen LogP contribution in [0.15, 0.2) is 0 Å². The number of nitrogen functional groups attached to an aromatic ring is 1. The molecule has 5 heteroatoms. The van der Waals surface area contributed by atoms with Crippen molar-refractivity contribution in [3.63, 3.8) is 0 Å². The van der Waals surface area contributed by atoms with Crippen molar-refractivity contribution >= 4 is 11.6 Å². The summed E-state index contributed by atoms with van der Waals surface area (Å²) >= 11 is 0. The van der Waals surface area contributed by atoms with E-state index < -0.39 is 0 Å². The molecule has 1 aliphatic rings. The van der Waals surface area contributed by atoms with Gasteiger partial charge in [-0.15, -0.1) is 0 Å². The minimum atomic E-state index is -0.145. The molecule has 118 valence electrons. The number of carbonyl (C=O) groups is 1. The Balaban J connectivity index is 2.05. The Morgan fingerprint density at radius 3 is 2.57 bits per heavy atom. The lowest BCUT2D eigenvalue weighted by molar-refractivity contribution is 0.0907. The number of H-pyrrole nitrogens is 1. The van der Waals surface area contributed by atoms with Gasteiger partial charge in [-0.1, -0.05) is 40.0 Å². The predicted octanol–water partition coefficient (Wildman–Crippen LogP) is 3.20. The summed E-state index contributed by atoms with van der Waals surface area (Å²) in [6, 6.07) is 0.233. The summed E-state index contributed by atoms with van der Waals surface area (Å²) in [7, 11) is 0. The van der Waals surface area contributed by atoms with Crippen molar-refractivity contribution < 1.29 is 4.79 Å². The van der Waals surface area contributed by atoms with Crippen molar-refractivity contribution in [2.45, 2.75) is 71.3 Å². The summed E-state index contributed by atoms with van der Waals surface area (Å²) in [5, 5.41) is 10.1. The van der Waals surface area contributed by atoms with E-state index in [0.717, 1.165) is 12.1 Å². The van der Waals surface area contributed by atoms with Crippen molar-refractivity contribution in [2.24, 2.45) is 5.92 Å². The van der Waals surface area contributed by atoms with Gasteiger partial charge in [0.1, 0.15) is 0 Å². The van der Waals surface area contributed by atoms with Crippen molar-refractivity contribution in [3.05, 3.63) is 11.4 Å². The normalized spacial score (nSPS) is 17.9. The fraction of sp³-hybridized carbons (Fsp3) is 0.750. The van der Waals surface area contributed by atoms with Crippen molar-refractivity contribution in [3.8, 4) is 0 Å². The lowest BCUT2D eigenvalue weighted by Crippen LogP contribution is -2.41. The van der Waals surface area contributed by atoms with E-state index in [9.17, 15) is 4.79 Å². The second-order valence-electron chi connectivity index (χ2n) is 6.44. The van der Waals surface area contributed by atoms with E-state index >= 15 is 0 Å². The van der Waals surface area contributed by atoms with Gasteiger partial charge in [0.05, 0.1) is 11.4 Å². The number of nitrogens with one attached hydrogen (secondary N) is 2. The molecule has 1 saturated carbocycles. The average Bonchev–Trinajstić information content (AvgIpc) is 2.87. The summed E-state index contributed by atoms with van der Waals surface area (Å²) in [5.74, 6) is 0.685. The molecule has 5 nitrogen and oxygen atoms in total. The smallest absolute Gasteiger partial charge is 0.274 e. The molecule has 0 aromatic carbocycles. The first kappa shape index (κ1) is 15.9. The highest BCUT2D eigenvalue weighted by atomic mass is 16.2. The zero-order valence-corrected chi connectivity index (χ0v) is 13.4. The van der Waals surface area contributed by atoms with Gasteiger partial charge in [0, 0.05) is 6.04 Å². The zero-order valence-electron chi connectivity index (χ0n) is 13.4. The van der Waals surface area contributed by atoms with Crippen molar-refractivity contribution in [1.29, 1.82) is 0 Å². The predicted molar refractivity (Wildman–Crippen MR) is 85.2 cm³/mol. The van der Waals surface area contributed by atoms with Crippen molar-refractivity contribution in [1.82, 2.24) is 15.5 Å². The Hall–Kier alpha value is -1.52. The number of aromatic amines is 1. The molecule has 1 aromatic rings. The van der Waals surface area contributed by atoms with Gasteiger partial charge >= 0.3 is 0 Å². The number of hydrogen-bond donors (Lipinski definition) is 3. The number of anilines is 1. The van der Waals surface area contributed by atoms with Crippen LogP contribution in [0.2, 0.25) is 0 Å². The fourth-order valence-corrected chi connectivity index (χ4v) is 3.30. The largest absolute Gasteiger partial charge is 0.395 e. The number of amides is 1. The molecule has 0 spiro atoms. The molecule has 1 aromatic heterocycles. The average molecular weight is 292 g/mol. The minimum absolute atomic E-state index is 0.145. The molecule has 1 aliphatic carbocycles. The van der Waals surface area contributed by atoms with Crippen LogP contribution < -0.4 is 11.1 Å². The SMILES string of the molecule is CCC(NC(=O)c1n[nH]c(C(C)C)c1N)C1CCCCC1. The number of rotatable bonds is 5. The maximum atomic E-state index is 12.4. The molecular weight excluding hydrogens is 264 g/mol. The summed E-state index contributed by atoms with van der Waals surface area (Å²) in [6.45, 7) is 6.19. The lowest BCUT2D eigenvalue weighted by Gasteiger charge is -2.30. The molecule has 0 saturated heterocycles. The van der Waals surface area contributed by atoms with E-state index in [1.807, 2.05) is 13.8 Å². The van der Waals surface area contributed by atoms with E-state index in [0.29, 0.717) is 17.3 Å². The van der Waals surface area contributed by atoms with Gasteiger partial charge < -0.3 is 11.1 Å². The summed E-state index contributed by atoms with van der Waals surface area (Å²) in [4.78, 5) is 12.4. The molecule has 0 bridgehead atoms. The first-order valence-corrected chi connectivity index (χ1v) is 8.19. The number of carbonyl (C=O) groups excluding carboxylic acids is 1. The monoisotopic (exact) mass is 292 g/mol. The Morgan fingerprint density at radius 2 is 2.05 bits per heavy atom. The van der Waals surface area contributed by atoms with E-state index in [1.54, 1.807) is 0 Å². The van der Waals surface area contributed by atoms with Gasteiger partial charge in [0.2, 0.25) is 0 Å². The number of nitrogens with zero attached hydrogens (tertiary/aromatic N) is 1. The van der Waals surface area contributed by atoms with E-state index in [4.69, 9.17) is 5.73 Å². The molecular formula is C16H28N4O. The minimum Gasteiger partial charge on any atom is -0.395 e.